The van der Waals surface area contributed by atoms with E-state index >= 15 is 0 Å². The maximum absolute atomic E-state index is 12.0. The number of hydrogen-bond donors (Lipinski definition) is 1. The van der Waals surface area contributed by atoms with E-state index in [-0.39, 0.29) is 11.5 Å². The molecule has 1 N–H and O–H groups in total. The smallest absolute Gasteiger partial charge is 0.336 e. The van der Waals surface area contributed by atoms with E-state index in [1.165, 1.54) is 32.3 Å². The van der Waals surface area contributed by atoms with Crippen LogP contribution in [0.5, 0.6) is 0 Å². The molecule has 0 aliphatic heterocycles. The van der Waals surface area contributed by atoms with Crippen molar-refractivity contribution in [2.75, 3.05) is 5.32 Å². The molecule has 120 valence electrons. The van der Waals surface area contributed by atoms with Crippen molar-refractivity contribution in [3.8, 4) is 11.1 Å². The highest BCUT2D eigenvalue weighted by atomic mass is 16.4. The summed E-state index contributed by atoms with van der Waals surface area (Å²) in [6.45, 7) is 1.48. The van der Waals surface area contributed by atoms with Gasteiger partial charge >= 0.3 is 5.63 Å². The number of anilines is 1. The molecule has 0 saturated heterocycles. The van der Waals surface area contributed by atoms with Crippen LogP contribution in [0.3, 0.4) is 0 Å². The minimum Gasteiger partial charge on any atom is -0.428 e. The van der Waals surface area contributed by atoms with E-state index in [2.05, 4.69) is 5.32 Å². The van der Waals surface area contributed by atoms with Crippen LogP contribution in [0.4, 0.5) is 5.69 Å². The van der Waals surface area contributed by atoms with Gasteiger partial charge < -0.3 is 9.73 Å². The van der Waals surface area contributed by atoms with Crippen molar-refractivity contribution >= 4 is 11.6 Å². The first-order chi connectivity index (χ1) is 11.1. The fourth-order valence-corrected chi connectivity index (χ4v) is 3.23. The summed E-state index contributed by atoms with van der Waals surface area (Å²) in [5.74, 6) is 1.02. The zero-order chi connectivity index (χ0) is 16.2. The van der Waals surface area contributed by atoms with Crippen LogP contribution >= 0.6 is 0 Å². The zero-order valence-corrected chi connectivity index (χ0v) is 13.3. The van der Waals surface area contributed by atoms with Crippen molar-refractivity contribution < 1.29 is 9.21 Å². The van der Waals surface area contributed by atoms with Gasteiger partial charge in [0, 0.05) is 24.6 Å². The van der Waals surface area contributed by atoms with Crippen molar-refractivity contribution in [2.45, 2.75) is 44.9 Å². The Morgan fingerprint density at radius 2 is 1.87 bits per heavy atom. The summed E-state index contributed by atoms with van der Waals surface area (Å²) in [6, 6.07) is 11.0. The molecule has 1 saturated carbocycles. The van der Waals surface area contributed by atoms with Crippen LogP contribution in [-0.2, 0) is 4.79 Å². The molecule has 0 atom stereocenters. The molecule has 1 aromatic heterocycles. The first-order valence-electron chi connectivity index (χ1n) is 8.15. The summed E-state index contributed by atoms with van der Waals surface area (Å²) in [5, 5.41) is 2.77. The Hall–Kier alpha value is -2.36. The predicted molar refractivity (Wildman–Crippen MR) is 90.5 cm³/mol. The third-order valence-corrected chi connectivity index (χ3v) is 4.31. The lowest BCUT2D eigenvalue weighted by atomic mass is 9.87. The van der Waals surface area contributed by atoms with Gasteiger partial charge in [-0.2, -0.15) is 0 Å². The van der Waals surface area contributed by atoms with Gasteiger partial charge in [0.25, 0.3) is 0 Å². The lowest BCUT2D eigenvalue weighted by Crippen LogP contribution is -2.09. The van der Waals surface area contributed by atoms with Crippen LogP contribution in [0.1, 0.15) is 50.7 Å². The number of carbonyl (C=O) groups excluding carboxylic acids is 1. The fraction of sp³-hybridized carbons (Fsp3) is 0.368. The number of amides is 1. The van der Waals surface area contributed by atoms with Crippen LogP contribution < -0.4 is 10.9 Å². The highest BCUT2D eigenvalue weighted by Gasteiger charge is 2.19. The summed E-state index contributed by atoms with van der Waals surface area (Å²) < 4.78 is 5.45. The fourth-order valence-electron chi connectivity index (χ4n) is 3.23. The molecule has 4 heteroatoms. The minimum atomic E-state index is -0.312. The summed E-state index contributed by atoms with van der Waals surface area (Å²) >= 11 is 0. The summed E-state index contributed by atoms with van der Waals surface area (Å²) in [6.07, 6.45) is 5.81. The van der Waals surface area contributed by atoms with Gasteiger partial charge in [-0.15, -0.1) is 0 Å². The Balaban J connectivity index is 1.94. The van der Waals surface area contributed by atoms with E-state index in [0.29, 0.717) is 5.92 Å². The van der Waals surface area contributed by atoms with E-state index < -0.39 is 0 Å². The highest BCUT2D eigenvalue weighted by molar-refractivity contribution is 5.89. The highest BCUT2D eigenvalue weighted by Crippen LogP contribution is 2.33. The summed E-state index contributed by atoms with van der Waals surface area (Å²) in [4.78, 5) is 23.2. The number of rotatable bonds is 3. The second kappa shape index (κ2) is 6.82. The van der Waals surface area contributed by atoms with Gasteiger partial charge in [0.2, 0.25) is 5.91 Å². The first kappa shape index (κ1) is 15.5. The number of nitrogens with one attached hydrogen (secondary N) is 1. The molecule has 3 rings (SSSR count). The van der Waals surface area contributed by atoms with E-state index in [4.69, 9.17) is 4.42 Å². The molecule has 23 heavy (non-hydrogen) atoms. The lowest BCUT2D eigenvalue weighted by Gasteiger charge is -2.20. The Labute approximate surface area is 135 Å². The predicted octanol–water partition coefficient (Wildman–Crippen LogP) is 4.31. The molecule has 0 bridgehead atoms. The van der Waals surface area contributed by atoms with Gasteiger partial charge in [0.15, 0.2) is 0 Å². The maximum Gasteiger partial charge on any atom is 0.336 e. The van der Waals surface area contributed by atoms with Gasteiger partial charge in [-0.1, -0.05) is 31.4 Å². The Kier molecular flexibility index (Phi) is 4.60. The molecule has 4 nitrogen and oxygen atoms in total. The van der Waals surface area contributed by atoms with Gasteiger partial charge in [-0.25, -0.2) is 4.79 Å². The monoisotopic (exact) mass is 311 g/mol. The van der Waals surface area contributed by atoms with Gasteiger partial charge in [0.05, 0.1) is 0 Å². The van der Waals surface area contributed by atoms with Gasteiger partial charge in [0.1, 0.15) is 5.76 Å². The molecule has 1 aliphatic rings. The topological polar surface area (TPSA) is 59.3 Å². The van der Waals surface area contributed by atoms with Gasteiger partial charge in [-0.3, -0.25) is 4.79 Å². The molecule has 1 amide bonds. The second-order valence-corrected chi connectivity index (χ2v) is 6.16. The second-order valence-electron chi connectivity index (χ2n) is 6.16. The molecule has 1 fully saturated rings. The standard InChI is InChI=1S/C19H21NO3/c1-13(21)20-17-9-5-8-15(10-17)16-11-18(23-19(22)12-16)14-6-3-2-4-7-14/h5,8-12,14H,2-4,6-7H2,1H3,(H,20,21). The average molecular weight is 311 g/mol. The van der Waals surface area contributed by atoms with Crippen molar-refractivity contribution in [1.82, 2.24) is 0 Å². The van der Waals surface area contributed by atoms with Crippen molar-refractivity contribution in [3.63, 3.8) is 0 Å². The maximum atomic E-state index is 12.0. The van der Waals surface area contributed by atoms with E-state index in [9.17, 15) is 9.59 Å². The Bertz CT molecular complexity index is 757. The van der Waals surface area contributed by atoms with Crippen LogP contribution in [0, 0.1) is 0 Å². The largest absolute Gasteiger partial charge is 0.428 e. The Morgan fingerprint density at radius 1 is 1.09 bits per heavy atom. The molecule has 1 heterocycles. The average Bonchev–Trinajstić information content (AvgIpc) is 2.55. The third kappa shape index (κ3) is 3.89. The molecule has 0 radical (unpaired) electrons. The molecular formula is C19H21NO3. The van der Waals surface area contributed by atoms with E-state index in [1.807, 2.05) is 30.3 Å². The molecule has 1 aromatic carbocycles. The normalized spacial score (nSPS) is 15.3. The summed E-state index contributed by atoms with van der Waals surface area (Å²) in [5.41, 5.74) is 2.16. The molecule has 1 aliphatic carbocycles. The van der Waals surface area contributed by atoms with E-state index in [0.717, 1.165) is 35.4 Å². The first-order valence-corrected chi connectivity index (χ1v) is 8.15. The van der Waals surface area contributed by atoms with E-state index in [1.54, 1.807) is 0 Å². The SMILES string of the molecule is CC(=O)Nc1cccc(-c2cc(C3CCCCC3)oc(=O)c2)c1. The van der Waals surface area contributed by atoms with Crippen LogP contribution in [-0.4, -0.2) is 5.91 Å². The minimum absolute atomic E-state index is 0.113. The van der Waals surface area contributed by atoms with Gasteiger partial charge in [-0.05, 0) is 42.2 Å². The molecule has 0 spiro atoms. The van der Waals surface area contributed by atoms with Crippen molar-refractivity contribution in [3.05, 3.63) is 52.6 Å². The molecule has 2 aromatic rings. The van der Waals surface area contributed by atoms with Crippen molar-refractivity contribution in [2.24, 2.45) is 0 Å². The summed E-state index contributed by atoms with van der Waals surface area (Å²) in [7, 11) is 0. The third-order valence-electron chi connectivity index (χ3n) is 4.31. The number of benzene rings is 1. The quantitative estimate of drug-likeness (QED) is 0.918. The van der Waals surface area contributed by atoms with Crippen LogP contribution in [0.25, 0.3) is 11.1 Å². The van der Waals surface area contributed by atoms with Crippen molar-refractivity contribution in [1.29, 1.82) is 0 Å². The van der Waals surface area contributed by atoms with Crippen LogP contribution in [0.2, 0.25) is 0 Å². The zero-order valence-electron chi connectivity index (χ0n) is 13.3. The van der Waals surface area contributed by atoms with Crippen LogP contribution in [0.15, 0.2) is 45.6 Å². The molecular weight excluding hydrogens is 290 g/mol. The number of carbonyl (C=O) groups is 1. The number of hydrogen-bond acceptors (Lipinski definition) is 3. The molecule has 0 unspecified atom stereocenters. The lowest BCUT2D eigenvalue weighted by molar-refractivity contribution is -0.114. The Morgan fingerprint density at radius 3 is 2.61 bits per heavy atom.